The number of fused-ring (bicyclic) bond motifs is 2. The molecule has 3 aromatic heterocycles. The lowest BCUT2D eigenvalue weighted by atomic mass is 9.96. The van der Waals surface area contributed by atoms with Crippen molar-refractivity contribution < 1.29 is 4.79 Å². The maximum Gasteiger partial charge on any atom is 0.268 e. The van der Waals surface area contributed by atoms with E-state index in [0.717, 1.165) is 41.5 Å². The van der Waals surface area contributed by atoms with Crippen molar-refractivity contribution in [1.29, 1.82) is 5.26 Å². The molecule has 0 atom stereocenters. The van der Waals surface area contributed by atoms with Crippen LogP contribution < -0.4 is 11.1 Å². The van der Waals surface area contributed by atoms with Gasteiger partial charge in [0.25, 0.3) is 5.91 Å². The lowest BCUT2D eigenvalue weighted by Gasteiger charge is -2.09. The van der Waals surface area contributed by atoms with Gasteiger partial charge < -0.3 is 11.1 Å². The summed E-state index contributed by atoms with van der Waals surface area (Å²) in [6.07, 6.45) is 5.82. The molecule has 3 N–H and O–H groups in total. The zero-order chi connectivity index (χ0) is 16.7. The summed E-state index contributed by atoms with van der Waals surface area (Å²) in [4.78, 5) is 19.3. The highest BCUT2D eigenvalue weighted by Crippen LogP contribution is 2.39. The Balaban J connectivity index is 1.70. The fraction of sp³-hybridized carbons (Fsp3) is 0.235. The molecule has 0 aliphatic heterocycles. The van der Waals surface area contributed by atoms with Gasteiger partial charge in [0.1, 0.15) is 20.8 Å². The van der Waals surface area contributed by atoms with Gasteiger partial charge in [0.15, 0.2) is 0 Å². The molecule has 1 aliphatic rings. The summed E-state index contributed by atoms with van der Waals surface area (Å²) < 4.78 is 0. The molecular weight excluding hydrogens is 340 g/mol. The van der Waals surface area contributed by atoms with Gasteiger partial charge in [-0.25, -0.2) is 4.98 Å². The monoisotopic (exact) mass is 354 g/mol. The fourth-order valence-corrected chi connectivity index (χ4v) is 5.25. The van der Waals surface area contributed by atoms with E-state index in [4.69, 9.17) is 5.73 Å². The molecule has 0 unspecified atom stereocenters. The van der Waals surface area contributed by atoms with E-state index >= 15 is 0 Å². The number of aryl methyl sites for hydroxylation is 1. The molecule has 0 radical (unpaired) electrons. The number of hydrogen-bond acceptors (Lipinski definition) is 6. The van der Waals surface area contributed by atoms with Gasteiger partial charge in [-0.15, -0.1) is 22.7 Å². The van der Waals surface area contributed by atoms with Gasteiger partial charge in [0.05, 0.1) is 11.3 Å². The summed E-state index contributed by atoms with van der Waals surface area (Å²) >= 11 is 2.79. The number of nitriles is 1. The van der Waals surface area contributed by atoms with Crippen LogP contribution >= 0.6 is 22.7 Å². The Morgan fingerprint density at radius 3 is 2.96 bits per heavy atom. The molecule has 4 rings (SSSR count). The number of aromatic nitrogens is 1. The molecule has 3 aromatic rings. The predicted octanol–water partition coefficient (Wildman–Crippen LogP) is 3.94. The van der Waals surface area contributed by atoms with Crippen molar-refractivity contribution >= 4 is 49.5 Å². The largest absolute Gasteiger partial charge is 0.397 e. The fourth-order valence-electron chi connectivity index (χ4n) is 3.05. The topological polar surface area (TPSA) is 91.8 Å². The standard InChI is InChI=1S/C17H14N4OS2/c18-8-11-9-4-1-2-6-12(9)23-17(11)21-15(22)14-13(19)10-5-3-7-20-16(10)24-14/h3,5,7H,1-2,4,6,19H2,(H,21,22). The number of pyridine rings is 1. The Morgan fingerprint density at radius 1 is 1.33 bits per heavy atom. The second-order valence-electron chi connectivity index (χ2n) is 5.68. The molecular formula is C17H14N4OS2. The highest BCUT2D eigenvalue weighted by Gasteiger charge is 2.24. The zero-order valence-corrected chi connectivity index (χ0v) is 14.4. The molecule has 0 aromatic carbocycles. The van der Waals surface area contributed by atoms with Crippen LogP contribution in [0, 0.1) is 11.3 Å². The normalized spacial score (nSPS) is 13.5. The molecule has 0 saturated carbocycles. The summed E-state index contributed by atoms with van der Waals surface area (Å²) in [5.41, 5.74) is 8.27. The molecule has 0 spiro atoms. The van der Waals surface area contributed by atoms with E-state index in [1.54, 1.807) is 12.3 Å². The third-order valence-corrected chi connectivity index (χ3v) is 6.56. The third-order valence-electron chi connectivity index (χ3n) is 4.22. The van der Waals surface area contributed by atoms with Crippen LogP contribution in [-0.4, -0.2) is 10.9 Å². The molecule has 0 fully saturated rings. The van der Waals surface area contributed by atoms with Crippen molar-refractivity contribution in [3.8, 4) is 6.07 Å². The number of nitrogens with two attached hydrogens (primary N) is 1. The van der Waals surface area contributed by atoms with Crippen LogP contribution in [0.5, 0.6) is 0 Å². The molecule has 24 heavy (non-hydrogen) atoms. The van der Waals surface area contributed by atoms with Gasteiger partial charge in [-0.1, -0.05) is 0 Å². The smallest absolute Gasteiger partial charge is 0.268 e. The van der Waals surface area contributed by atoms with Crippen molar-refractivity contribution in [2.45, 2.75) is 25.7 Å². The highest BCUT2D eigenvalue weighted by molar-refractivity contribution is 7.21. The summed E-state index contributed by atoms with van der Waals surface area (Å²) in [7, 11) is 0. The van der Waals surface area contributed by atoms with Crippen LogP contribution in [0.4, 0.5) is 10.7 Å². The average molecular weight is 354 g/mol. The van der Waals surface area contributed by atoms with Crippen LogP contribution in [-0.2, 0) is 12.8 Å². The molecule has 1 aliphatic carbocycles. The van der Waals surface area contributed by atoms with Crippen LogP contribution in [0.15, 0.2) is 18.3 Å². The molecule has 3 heterocycles. The number of hydrogen-bond donors (Lipinski definition) is 2. The Labute approximate surface area is 146 Å². The van der Waals surface area contributed by atoms with Crippen molar-refractivity contribution in [3.63, 3.8) is 0 Å². The summed E-state index contributed by atoms with van der Waals surface area (Å²) in [5.74, 6) is -0.273. The minimum absolute atomic E-state index is 0.273. The van der Waals surface area contributed by atoms with Crippen molar-refractivity contribution in [1.82, 2.24) is 4.98 Å². The van der Waals surface area contributed by atoms with Crippen molar-refractivity contribution in [2.24, 2.45) is 0 Å². The summed E-state index contributed by atoms with van der Waals surface area (Å²) in [5, 5.41) is 13.8. The first-order chi connectivity index (χ1) is 11.7. The molecule has 0 saturated heterocycles. The molecule has 7 heteroatoms. The first-order valence-electron chi connectivity index (χ1n) is 7.68. The maximum atomic E-state index is 12.7. The Kier molecular flexibility index (Phi) is 3.71. The molecule has 5 nitrogen and oxygen atoms in total. The van der Waals surface area contributed by atoms with Crippen LogP contribution in [0.2, 0.25) is 0 Å². The average Bonchev–Trinajstić information content (AvgIpc) is 3.12. The minimum Gasteiger partial charge on any atom is -0.397 e. The predicted molar refractivity (Wildman–Crippen MR) is 97.7 cm³/mol. The Bertz CT molecular complexity index is 996. The third kappa shape index (κ3) is 2.35. The number of carbonyl (C=O) groups excluding carboxylic acids is 1. The lowest BCUT2D eigenvalue weighted by Crippen LogP contribution is -2.12. The van der Waals surface area contributed by atoms with Crippen LogP contribution in [0.3, 0.4) is 0 Å². The van der Waals surface area contributed by atoms with Gasteiger partial charge >= 0.3 is 0 Å². The van der Waals surface area contributed by atoms with E-state index in [-0.39, 0.29) is 5.91 Å². The van der Waals surface area contributed by atoms with Gasteiger partial charge in [0.2, 0.25) is 0 Å². The number of carbonyl (C=O) groups is 1. The highest BCUT2D eigenvalue weighted by atomic mass is 32.1. The van der Waals surface area contributed by atoms with Crippen LogP contribution in [0.25, 0.3) is 10.2 Å². The van der Waals surface area contributed by atoms with Crippen molar-refractivity contribution in [3.05, 3.63) is 39.2 Å². The molecule has 0 bridgehead atoms. The summed E-state index contributed by atoms with van der Waals surface area (Å²) in [6, 6.07) is 5.91. The number of nitrogens with zero attached hydrogens (tertiary/aromatic N) is 2. The van der Waals surface area contributed by atoms with E-state index in [2.05, 4.69) is 16.4 Å². The number of thiophene rings is 2. The zero-order valence-electron chi connectivity index (χ0n) is 12.8. The van der Waals surface area contributed by atoms with Gasteiger partial charge in [-0.3, -0.25) is 4.79 Å². The van der Waals surface area contributed by atoms with E-state index in [1.807, 2.05) is 6.07 Å². The number of nitrogen functional groups attached to an aromatic ring is 1. The van der Waals surface area contributed by atoms with E-state index in [0.29, 0.717) is 21.1 Å². The Morgan fingerprint density at radius 2 is 2.17 bits per heavy atom. The van der Waals surface area contributed by atoms with Gasteiger partial charge in [0, 0.05) is 16.5 Å². The number of rotatable bonds is 2. The second kappa shape index (κ2) is 5.89. The summed E-state index contributed by atoms with van der Waals surface area (Å²) in [6.45, 7) is 0. The van der Waals surface area contributed by atoms with Gasteiger partial charge in [-0.05, 0) is 43.4 Å². The lowest BCUT2D eigenvalue weighted by molar-refractivity contribution is 0.103. The SMILES string of the molecule is N#Cc1c(NC(=O)c2sc3ncccc3c2N)sc2c1CCCC2. The van der Waals surface area contributed by atoms with E-state index in [9.17, 15) is 10.1 Å². The van der Waals surface area contributed by atoms with E-state index in [1.165, 1.54) is 27.6 Å². The number of nitrogens with one attached hydrogen (secondary N) is 1. The number of amides is 1. The van der Waals surface area contributed by atoms with Crippen LogP contribution in [0.1, 0.15) is 38.5 Å². The Hall–Kier alpha value is -2.43. The van der Waals surface area contributed by atoms with E-state index < -0.39 is 0 Å². The first-order valence-corrected chi connectivity index (χ1v) is 9.31. The maximum absolute atomic E-state index is 12.7. The number of anilines is 2. The van der Waals surface area contributed by atoms with Gasteiger partial charge in [-0.2, -0.15) is 5.26 Å². The first kappa shape index (κ1) is 15.1. The quantitative estimate of drug-likeness (QED) is 0.729. The second-order valence-corrected chi connectivity index (χ2v) is 7.79. The molecule has 120 valence electrons. The minimum atomic E-state index is -0.273. The van der Waals surface area contributed by atoms with Crippen molar-refractivity contribution in [2.75, 3.05) is 11.1 Å². The molecule has 1 amide bonds.